The molecule has 0 fully saturated rings. The number of benzene rings is 1. The number of para-hydroxylation sites is 1. The molecule has 0 amide bonds. The molecule has 0 N–H and O–H groups in total. The fraction of sp³-hybridized carbons (Fsp3) is 0.167. The first-order chi connectivity index (χ1) is 8.44. The second-order valence-corrected chi connectivity index (χ2v) is 3.63. The van der Waals surface area contributed by atoms with Gasteiger partial charge in [0.15, 0.2) is 0 Å². The summed E-state index contributed by atoms with van der Waals surface area (Å²) in [7, 11) is 0. The quantitative estimate of drug-likeness (QED) is 0.623. The van der Waals surface area contributed by atoms with Gasteiger partial charge in [0.2, 0.25) is 5.78 Å². The first-order valence-corrected chi connectivity index (χ1v) is 4.99. The standard InChI is InChI=1S/C12H7F4NO/c13-11(14)12(15,16)10(18)8-5-1-3-7-4-2-6-17-9(7)8/h1-6,11H. The number of aromatic nitrogens is 1. The molecule has 1 aromatic heterocycles. The van der Waals surface area contributed by atoms with E-state index in [0.717, 1.165) is 6.07 Å². The van der Waals surface area contributed by atoms with Crippen LogP contribution in [-0.4, -0.2) is 23.1 Å². The van der Waals surface area contributed by atoms with Gasteiger partial charge in [0.05, 0.1) is 11.1 Å². The molecule has 0 atom stereocenters. The average Bonchev–Trinajstić information content (AvgIpc) is 2.37. The van der Waals surface area contributed by atoms with Crippen LogP contribution in [0, 0.1) is 0 Å². The Morgan fingerprint density at radius 2 is 1.83 bits per heavy atom. The molecule has 0 bridgehead atoms. The van der Waals surface area contributed by atoms with Gasteiger partial charge in [-0.1, -0.05) is 18.2 Å². The summed E-state index contributed by atoms with van der Waals surface area (Å²) < 4.78 is 50.4. The molecule has 2 aromatic rings. The molecule has 2 nitrogen and oxygen atoms in total. The van der Waals surface area contributed by atoms with Gasteiger partial charge < -0.3 is 0 Å². The van der Waals surface area contributed by atoms with E-state index in [2.05, 4.69) is 4.98 Å². The summed E-state index contributed by atoms with van der Waals surface area (Å²) in [5.41, 5.74) is -0.510. The Morgan fingerprint density at radius 1 is 1.17 bits per heavy atom. The first-order valence-electron chi connectivity index (χ1n) is 4.99. The summed E-state index contributed by atoms with van der Waals surface area (Å²) in [6, 6.07) is 7.08. The Morgan fingerprint density at radius 3 is 2.50 bits per heavy atom. The molecule has 0 saturated carbocycles. The van der Waals surface area contributed by atoms with Crippen LogP contribution in [0.5, 0.6) is 0 Å². The zero-order valence-corrected chi connectivity index (χ0v) is 8.91. The summed E-state index contributed by atoms with van der Waals surface area (Å²) in [6.45, 7) is 0. The van der Waals surface area contributed by atoms with Crippen molar-refractivity contribution in [2.75, 3.05) is 0 Å². The Kier molecular flexibility index (Phi) is 3.02. The predicted octanol–water partition coefficient (Wildman–Crippen LogP) is 3.32. The Bertz CT molecular complexity index is 592. The highest BCUT2D eigenvalue weighted by molar-refractivity contribution is 6.10. The average molecular weight is 257 g/mol. The van der Waals surface area contributed by atoms with E-state index in [-0.39, 0.29) is 5.52 Å². The molecular weight excluding hydrogens is 250 g/mol. The van der Waals surface area contributed by atoms with Crippen LogP contribution in [0.3, 0.4) is 0 Å². The van der Waals surface area contributed by atoms with E-state index in [1.807, 2.05) is 0 Å². The van der Waals surface area contributed by atoms with Crippen molar-refractivity contribution >= 4 is 16.7 Å². The largest absolute Gasteiger partial charge is 0.368 e. The van der Waals surface area contributed by atoms with Crippen LogP contribution in [0.2, 0.25) is 0 Å². The first kappa shape index (κ1) is 12.5. The van der Waals surface area contributed by atoms with Crippen LogP contribution in [0.1, 0.15) is 10.4 Å². The van der Waals surface area contributed by atoms with Crippen LogP contribution < -0.4 is 0 Å². The number of nitrogens with zero attached hydrogens (tertiary/aromatic N) is 1. The fourth-order valence-corrected chi connectivity index (χ4v) is 1.57. The highest BCUT2D eigenvalue weighted by Gasteiger charge is 2.49. The number of Topliss-reactive ketones (excluding diaryl/α,β-unsaturated/α-hetero) is 1. The molecular formula is C12H7F4NO. The van der Waals surface area contributed by atoms with E-state index in [4.69, 9.17) is 0 Å². The fourth-order valence-electron chi connectivity index (χ4n) is 1.57. The van der Waals surface area contributed by atoms with Crippen molar-refractivity contribution in [3.63, 3.8) is 0 Å². The van der Waals surface area contributed by atoms with Crippen molar-refractivity contribution in [3.8, 4) is 0 Å². The van der Waals surface area contributed by atoms with E-state index in [1.165, 1.54) is 12.3 Å². The van der Waals surface area contributed by atoms with Crippen LogP contribution in [0.25, 0.3) is 10.9 Å². The molecule has 1 aromatic carbocycles. The number of rotatable bonds is 3. The van der Waals surface area contributed by atoms with Gasteiger partial charge in [-0.05, 0) is 12.1 Å². The lowest BCUT2D eigenvalue weighted by Gasteiger charge is -2.14. The van der Waals surface area contributed by atoms with Gasteiger partial charge in [-0.2, -0.15) is 8.78 Å². The Balaban J connectivity index is 2.59. The van der Waals surface area contributed by atoms with Gasteiger partial charge in [0.25, 0.3) is 0 Å². The molecule has 18 heavy (non-hydrogen) atoms. The number of alkyl halides is 4. The highest BCUT2D eigenvalue weighted by atomic mass is 19.3. The van der Waals surface area contributed by atoms with Gasteiger partial charge in [0, 0.05) is 11.6 Å². The Hall–Kier alpha value is -1.98. The maximum absolute atomic E-state index is 13.0. The van der Waals surface area contributed by atoms with Crippen molar-refractivity contribution in [3.05, 3.63) is 42.1 Å². The summed E-state index contributed by atoms with van der Waals surface area (Å²) >= 11 is 0. The SMILES string of the molecule is O=C(c1cccc2cccnc12)C(F)(F)C(F)F. The molecule has 94 valence electrons. The lowest BCUT2D eigenvalue weighted by atomic mass is 10.0. The van der Waals surface area contributed by atoms with Gasteiger partial charge >= 0.3 is 12.3 Å². The van der Waals surface area contributed by atoms with Crippen molar-refractivity contribution in [2.45, 2.75) is 12.3 Å². The van der Waals surface area contributed by atoms with Crippen LogP contribution in [-0.2, 0) is 0 Å². The van der Waals surface area contributed by atoms with Crippen LogP contribution in [0.15, 0.2) is 36.5 Å². The Labute approximate surface area is 99.3 Å². The number of hydrogen-bond acceptors (Lipinski definition) is 2. The summed E-state index contributed by atoms with van der Waals surface area (Å²) in [5.74, 6) is -6.62. The van der Waals surface area contributed by atoms with E-state index in [0.29, 0.717) is 5.39 Å². The van der Waals surface area contributed by atoms with Crippen LogP contribution >= 0.6 is 0 Å². The monoisotopic (exact) mass is 257 g/mol. The minimum Gasteiger partial charge on any atom is -0.287 e. The lowest BCUT2D eigenvalue weighted by molar-refractivity contribution is -0.0957. The van der Waals surface area contributed by atoms with Crippen molar-refractivity contribution in [1.82, 2.24) is 4.98 Å². The van der Waals surface area contributed by atoms with Gasteiger partial charge in [-0.25, -0.2) is 8.78 Å². The van der Waals surface area contributed by atoms with Gasteiger partial charge in [-0.3, -0.25) is 9.78 Å². The van der Waals surface area contributed by atoms with Gasteiger partial charge in [0.1, 0.15) is 0 Å². The molecule has 0 unspecified atom stereocenters. The molecule has 0 aliphatic rings. The van der Waals surface area contributed by atoms with Crippen molar-refractivity contribution < 1.29 is 22.4 Å². The molecule has 0 aliphatic carbocycles. The minimum atomic E-state index is -4.70. The maximum atomic E-state index is 13.0. The lowest BCUT2D eigenvalue weighted by Crippen LogP contribution is -2.36. The number of carbonyl (C=O) groups excluding carboxylic acids is 1. The number of pyridine rings is 1. The number of hydrogen-bond donors (Lipinski definition) is 0. The van der Waals surface area contributed by atoms with Crippen LogP contribution in [0.4, 0.5) is 17.6 Å². The number of fused-ring (bicyclic) bond motifs is 1. The van der Waals surface area contributed by atoms with Crippen molar-refractivity contribution in [2.24, 2.45) is 0 Å². The second kappa shape index (κ2) is 4.36. The van der Waals surface area contributed by atoms with Crippen molar-refractivity contribution in [1.29, 1.82) is 0 Å². The third-order valence-electron chi connectivity index (χ3n) is 2.45. The molecule has 0 radical (unpaired) electrons. The zero-order valence-electron chi connectivity index (χ0n) is 8.91. The second-order valence-electron chi connectivity index (χ2n) is 3.63. The van der Waals surface area contributed by atoms with E-state index in [1.54, 1.807) is 18.2 Å². The minimum absolute atomic E-state index is 0.00896. The number of ketones is 1. The topological polar surface area (TPSA) is 30.0 Å². The predicted molar refractivity (Wildman–Crippen MR) is 57.0 cm³/mol. The molecule has 0 aliphatic heterocycles. The highest BCUT2D eigenvalue weighted by Crippen LogP contribution is 2.29. The number of carbonyl (C=O) groups is 1. The van der Waals surface area contributed by atoms with E-state index < -0.39 is 23.7 Å². The van der Waals surface area contributed by atoms with Gasteiger partial charge in [-0.15, -0.1) is 0 Å². The summed E-state index contributed by atoms with van der Waals surface area (Å²) in [6.07, 6.45) is -2.73. The molecule has 6 heteroatoms. The normalized spacial score (nSPS) is 12.1. The molecule has 0 spiro atoms. The third kappa shape index (κ3) is 1.94. The molecule has 1 heterocycles. The van der Waals surface area contributed by atoms with E-state index >= 15 is 0 Å². The smallest absolute Gasteiger partial charge is 0.287 e. The maximum Gasteiger partial charge on any atom is 0.368 e. The third-order valence-corrected chi connectivity index (χ3v) is 2.45. The molecule has 0 saturated heterocycles. The van der Waals surface area contributed by atoms with E-state index in [9.17, 15) is 22.4 Å². The summed E-state index contributed by atoms with van der Waals surface area (Å²) in [4.78, 5) is 15.2. The number of halogens is 4. The molecule has 2 rings (SSSR count). The zero-order chi connectivity index (χ0) is 13.3. The summed E-state index contributed by atoms with van der Waals surface area (Å²) in [5, 5.41) is 0.438.